The van der Waals surface area contributed by atoms with Gasteiger partial charge in [-0.15, -0.1) is 0 Å². The molecule has 1 aromatic carbocycles. The molecule has 134 valence electrons. The van der Waals surface area contributed by atoms with Gasteiger partial charge in [-0.25, -0.2) is 12.7 Å². The predicted octanol–water partition coefficient (Wildman–Crippen LogP) is 1.63. The Bertz CT molecular complexity index is 646. The maximum Gasteiger partial charge on any atom is 0.303 e. The molecule has 2 rings (SSSR count). The van der Waals surface area contributed by atoms with E-state index in [1.165, 1.54) is 4.31 Å². The summed E-state index contributed by atoms with van der Waals surface area (Å²) in [7, 11) is 0.540. The van der Waals surface area contributed by atoms with E-state index >= 15 is 0 Å². The Morgan fingerprint density at radius 1 is 1.29 bits per heavy atom. The Labute approximate surface area is 144 Å². The summed E-state index contributed by atoms with van der Waals surface area (Å²) in [6.45, 7) is 0.882. The first-order valence-electron chi connectivity index (χ1n) is 8.19. The molecule has 1 heterocycles. The number of nitrogens with zero attached hydrogens (tertiary/aromatic N) is 2. The first-order valence-corrected chi connectivity index (χ1v) is 9.80. The molecule has 6 nitrogen and oxygen atoms in total. The third kappa shape index (κ3) is 5.03. The second-order valence-corrected chi connectivity index (χ2v) is 8.58. The molecular formula is C17H26N2O4S. The van der Waals surface area contributed by atoms with Crippen LogP contribution in [0.25, 0.3) is 0 Å². The third-order valence-corrected chi connectivity index (χ3v) is 6.45. The van der Waals surface area contributed by atoms with Gasteiger partial charge in [0.15, 0.2) is 0 Å². The molecule has 0 bridgehead atoms. The van der Waals surface area contributed by atoms with Gasteiger partial charge in [0, 0.05) is 25.6 Å². The monoisotopic (exact) mass is 354 g/mol. The van der Waals surface area contributed by atoms with Crippen LogP contribution in [-0.4, -0.2) is 61.9 Å². The van der Waals surface area contributed by atoms with E-state index in [4.69, 9.17) is 5.11 Å². The Morgan fingerprint density at radius 3 is 2.54 bits per heavy atom. The van der Waals surface area contributed by atoms with E-state index in [9.17, 15) is 13.2 Å². The number of carboxylic acid groups (broad SMARTS) is 1. The zero-order valence-corrected chi connectivity index (χ0v) is 15.1. The lowest BCUT2D eigenvalue weighted by molar-refractivity contribution is -0.137. The summed E-state index contributed by atoms with van der Waals surface area (Å²) in [5.41, 5.74) is 0.773. The van der Waals surface area contributed by atoms with Crippen LogP contribution in [-0.2, 0) is 20.6 Å². The molecule has 1 saturated heterocycles. The van der Waals surface area contributed by atoms with Gasteiger partial charge in [-0.05, 0) is 38.4 Å². The topological polar surface area (TPSA) is 77.9 Å². The van der Waals surface area contributed by atoms with Crippen LogP contribution in [0, 0.1) is 5.92 Å². The zero-order valence-electron chi connectivity index (χ0n) is 14.3. The number of aliphatic carboxylic acids is 1. The molecule has 1 aliphatic rings. The summed E-state index contributed by atoms with van der Waals surface area (Å²) < 4.78 is 27.0. The van der Waals surface area contributed by atoms with Crippen LogP contribution in [0.1, 0.15) is 24.8 Å². The lowest BCUT2D eigenvalue weighted by Crippen LogP contribution is -2.50. The first-order chi connectivity index (χ1) is 11.3. The van der Waals surface area contributed by atoms with Crippen molar-refractivity contribution in [1.29, 1.82) is 0 Å². The van der Waals surface area contributed by atoms with Gasteiger partial charge in [0.25, 0.3) is 0 Å². The SMILES string of the molecule is CN(C)[C@H]1CCN(S(=O)(=O)Cc2ccccc2)C[C@H]1CCC(=O)O. The van der Waals surface area contributed by atoms with E-state index in [1.807, 2.05) is 44.4 Å². The predicted molar refractivity (Wildman–Crippen MR) is 93.1 cm³/mol. The van der Waals surface area contributed by atoms with Gasteiger partial charge >= 0.3 is 5.97 Å². The quantitative estimate of drug-likeness (QED) is 0.805. The number of carbonyl (C=O) groups is 1. The lowest BCUT2D eigenvalue weighted by atomic mass is 9.88. The van der Waals surface area contributed by atoms with Crippen LogP contribution in [0.2, 0.25) is 0 Å². The fraction of sp³-hybridized carbons (Fsp3) is 0.588. The highest BCUT2D eigenvalue weighted by Crippen LogP contribution is 2.27. The average molecular weight is 354 g/mol. The Balaban J connectivity index is 2.09. The van der Waals surface area contributed by atoms with E-state index in [0.717, 1.165) is 12.0 Å². The van der Waals surface area contributed by atoms with Crippen LogP contribution >= 0.6 is 0 Å². The molecule has 1 aliphatic heterocycles. The normalized spacial score (nSPS) is 22.6. The maximum absolute atomic E-state index is 12.7. The van der Waals surface area contributed by atoms with Crippen molar-refractivity contribution >= 4 is 16.0 Å². The standard InChI is InChI=1S/C17H26N2O4S/c1-18(2)16-10-11-19(12-15(16)8-9-17(20)21)24(22,23)13-14-6-4-3-5-7-14/h3-7,15-16H,8-13H2,1-2H3,(H,20,21)/t15-,16+/m1/s1. The minimum atomic E-state index is -3.39. The van der Waals surface area contributed by atoms with Gasteiger partial charge in [-0.3, -0.25) is 4.79 Å². The summed E-state index contributed by atoms with van der Waals surface area (Å²) in [4.78, 5) is 13.0. The van der Waals surface area contributed by atoms with Gasteiger partial charge in [-0.2, -0.15) is 0 Å². The smallest absolute Gasteiger partial charge is 0.303 e. The van der Waals surface area contributed by atoms with Crippen molar-refractivity contribution in [1.82, 2.24) is 9.21 Å². The Kier molecular flexibility index (Phi) is 6.37. The number of hydrogen-bond acceptors (Lipinski definition) is 4. The molecule has 0 radical (unpaired) electrons. The molecule has 24 heavy (non-hydrogen) atoms. The van der Waals surface area contributed by atoms with Crippen molar-refractivity contribution in [3.8, 4) is 0 Å². The van der Waals surface area contributed by atoms with Gasteiger partial charge < -0.3 is 10.0 Å². The maximum atomic E-state index is 12.7. The summed E-state index contributed by atoms with van der Waals surface area (Å²) in [5, 5.41) is 8.94. The molecule has 0 unspecified atom stereocenters. The molecule has 0 saturated carbocycles. The second-order valence-electron chi connectivity index (χ2n) is 6.61. The molecule has 1 fully saturated rings. The van der Waals surface area contributed by atoms with E-state index in [2.05, 4.69) is 4.90 Å². The second kappa shape index (κ2) is 8.09. The van der Waals surface area contributed by atoms with Crippen molar-refractivity contribution in [3.05, 3.63) is 35.9 Å². The van der Waals surface area contributed by atoms with Gasteiger partial charge in [-0.1, -0.05) is 30.3 Å². The van der Waals surface area contributed by atoms with Crippen molar-refractivity contribution in [2.24, 2.45) is 5.92 Å². The van der Waals surface area contributed by atoms with Crippen molar-refractivity contribution in [2.75, 3.05) is 27.2 Å². The number of benzene rings is 1. The molecule has 0 spiro atoms. The highest BCUT2D eigenvalue weighted by atomic mass is 32.2. The van der Waals surface area contributed by atoms with Crippen molar-refractivity contribution in [2.45, 2.75) is 31.1 Å². The first kappa shape index (κ1) is 18.9. The molecule has 2 atom stereocenters. The number of rotatable bonds is 7. The zero-order chi connectivity index (χ0) is 17.7. The fourth-order valence-electron chi connectivity index (χ4n) is 3.39. The summed E-state index contributed by atoms with van der Waals surface area (Å²) in [6, 6.07) is 9.36. The molecular weight excluding hydrogens is 328 g/mol. The van der Waals surface area contributed by atoms with Gasteiger partial charge in [0.1, 0.15) is 0 Å². The van der Waals surface area contributed by atoms with E-state index in [-0.39, 0.29) is 24.1 Å². The molecule has 0 amide bonds. The van der Waals surface area contributed by atoms with E-state index < -0.39 is 16.0 Å². The van der Waals surface area contributed by atoms with E-state index in [1.54, 1.807) is 0 Å². The summed E-state index contributed by atoms with van der Waals surface area (Å²) in [5.74, 6) is -0.807. The highest BCUT2D eigenvalue weighted by molar-refractivity contribution is 7.88. The Morgan fingerprint density at radius 2 is 1.96 bits per heavy atom. The van der Waals surface area contributed by atoms with Crippen LogP contribution in [0.4, 0.5) is 0 Å². The number of piperidine rings is 1. The largest absolute Gasteiger partial charge is 0.481 e. The van der Waals surface area contributed by atoms with Crippen LogP contribution in [0.5, 0.6) is 0 Å². The molecule has 1 N–H and O–H groups in total. The molecule has 0 aromatic heterocycles. The third-order valence-electron chi connectivity index (χ3n) is 4.63. The van der Waals surface area contributed by atoms with Gasteiger partial charge in [0.05, 0.1) is 5.75 Å². The number of hydrogen-bond donors (Lipinski definition) is 1. The minimum absolute atomic E-state index is 0.00782. The summed E-state index contributed by atoms with van der Waals surface area (Å²) >= 11 is 0. The van der Waals surface area contributed by atoms with Crippen LogP contribution < -0.4 is 0 Å². The van der Waals surface area contributed by atoms with Crippen LogP contribution in [0.15, 0.2) is 30.3 Å². The number of sulfonamides is 1. The molecule has 7 heteroatoms. The van der Waals surface area contributed by atoms with Crippen molar-refractivity contribution < 1.29 is 18.3 Å². The average Bonchev–Trinajstić information content (AvgIpc) is 2.53. The van der Waals surface area contributed by atoms with E-state index in [0.29, 0.717) is 19.5 Å². The Hall–Kier alpha value is -1.44. The molecule has 0 aliphatic carbocycles. The summed E-state index contributed by atoms with van der Waals surface area (Å²) in [6.07, 6.45) is 1.29. The lowest BCUT2D eigenvalue weighted by Gasteiger charge is -2.41. The van der Waals surface area contributed by atoms with Crippen LogP contribution in [0.3, 0.4) is 0 Å². The number of carboxylic acids is 1. The minimum Gasteiger partial charge on any atom is -0.481 e. The molecule has 1 aromatic rings. The highest BCUT2D eigenvalue weighted by Gasteiger charge is 2.35. The van der Waals surface area contributed by atoms with Crippen molar-refractivity contribution in [3.63, 3.8) is 0 Å². The van der Waals surface area contributed by atoms with Gasteiger partial charge in [0.2, 0.25) is 10.0 Å². The fourth-order valence-corrected chi connectivity index (χ4v) is 4.99.